The number of hydrogen-bond donors (Lipinski definition) is 3. The molecule has 1 atom stereocenters. The maximum absolute atomic E-state index is 11.8. The summed E-state index contributed by atoms with van der Waals surface area (Å²) in [6.45, 7) is 3.75. The van der Waals surface area contributed by atoms with Gasteiger partial charge in [-0.2, -0.15) is 5.10 Å². The van der Waals surface area contributed by atoms with Gasteiger partial charge in [0.25, 0.3) is 5.91 Å². The topological polar surface area (TPSA) is 83.8 Å². The lowest BCUT2D eigenvalue weighted by molar-refractivity contribution is 0.0944. The van der Waals surface area contributed by atoms with Crippen LogP contribution < -0.4 is 11.1 Å². The van der Waals surface area contributed by atoms with Crippen LogP contribution >= 0.6 is 0 Å². The van der Waals surface area contributed by atoms with Crippen molar-refractivity contribution in [3.8, 4) is 12.3 Å². The minimum Gasteiger partial charge on any atom is -0.382 e. The Hall–Kier alpha value is -1.96. The van der Waals surface area contributed by atoms with E-state index in [2.05, 4.69) is 21.4 Å². The highest BCUT2D eigenvalue weighted by atomic mass is 16.1. The Bertz CT molecular complexity index is 397. The largest absolute Gasteiger partial charge is 0.382 e. The number of aryl methyl sites for hydroxylation is 1. The van der Waals surface area contributed by atoms with Gasteiger partial charge in [0.1, 0.15) is 5.56 Å². The summed E-state index contributed by atoms with van der Waals surface area (Å²) >= 11 is 0. The second-order valence-corrected chi connectivity index (χ2v) is 3.59. The summed E-state index contributed by atoms with van der Waals surface area (Å²) in [6, 6.07) is -0.258. The molecule has 0 fully saturated rings. The predicted octanol–water partition coefficient (Wildman–Crippen LogP) is 0.832. The fraction of sp³-hybridized carbons (Fsp3) is 0.455. The molecule has 0 aliphatic carbocycles. The molecule has 5 heteroatoms. The second-order valence-electron chi connectivity index (χ2n) is 3.59. The number of carbonyl (C=O) groups is 1. The third-order valence-electron chi connectivity index (χ3n) is 2.29. The average molecular weight is 220 g/mol. The van der Waals surface area contributed by atoms with Crippen LogP contribution in [0.15, 0.2) is 0 Å². The highest BCUT2D eigenvalue weighted by Crippen LogP contribution is 2.12. The number of terminal acetylenes is 1. The van der Waals surface area contributed by atoms with Crippen molar-refractivity contribution in [3.05, 3.63) is 11.3 Å². The van der Waals surface area contributed by atoms with Crippen molar-refractivity contribution in [2.75, 3.05) is 5.73 Å². The van der Waals surface area contributed by atoms with Crippen molar-refractivity contribution in [2.45, 2.75) is 32.7 Å². The highest BCUT2D eigenvalue weighted by Gasteiger charge is 2.18. The minimum atomic E-state index is -0.278. The van der Waals surface area contributed by atoms with Crippen molar-refractivity contribution in [1.29, 1.82) is 0 Å². The Kier molecular flexibility index (Phi) is 3.95. The van der Waals surface area contributed by atoms with Gasteiger partial charge < -0.3 is 11.1 Å². The van der Waals surface area contributed by atoms with Crippen LogP contribution in [0, 0.1) is 19.3 Å². The minimum absolute atomic E-state index is 0.197. The van der Waals surface area contributed by atoms with Gasteiger partial charge in [-0.15, -0.1) is 6.42 Å². The van der Waals surface area contributed by atoms with E-state index in [1.807, 2.05) is 6.92 Å². The lowest BCUT2D eigenvalue weighted by atomic mass is 10.1. The van der Waals surface area contributed by atoms with Crippen LogP contribution in [0.1, 0.15) is 35.8 Å². The zero-order valence-corrected chi connectivity index (χ0v) is 9.50. The number of nitrogen functional groups attached to an aromatic ring is 1. The molecule has 1 aromatic heterocycles. The standard InChI is InChI=1S/C11H16N4O/c1-4-6-8(5-2)13-11(16)9-7(3)14-15-10(9)12/h2,8H,4,6H2,1,3H3,(H,13,16)(H3,12,14,15). The molecule has 1 aromatic rings. The number of anilines is 1. The van der Waals surface area contributed by atoms with E-state index >= 15 is 0 Å². The van der Waals surface area contributed by atoms with Gasteiger partial charge >= 0.3 is 0 Å². The summed E-state index contributed by atoms with van der Waals surface area (Å²) in [5.74, 6) is 2.45. The van der Waals surface area contributed by atoms with Crippen LogP contribution in [-0.4, -0.2) is 22.1 Å². The van der Waals surface area contributed by atoms with E-state index in [4.69, 9.17) is 12.2 Å². The quantitative estimate of drug-likeness (QED) is 0.657. The van der Waals surface area contributed by atoms with Crippen LogP contribution in [-0.2, 0) is 0 Å². The van der Waals surface area contributed by atoms with E-state index in [1.165, 1.54) is 0 Å². The van der Waals surface area contributed by atoms with Crippen molar-refractivity contribution in [2.24, 2.45) is 0 Å². The number of aromatic amines is 1. The van der Waals surface area contributed by atoms with Crippen molar-refractivity contribution >= 4 is 11.7 Å². The van der Waals surface area contributed by atoms with Gasteiger partial charge in [-0.3, -0.25) is 9.89 Å². The summed E-state index contributed by atoms with van der Waals surface area (Å²) in [5.41, 5.74) is 6.59. The summed E-state index contributed by atoms with van der Waals surface area (Å²) < 4.78 is 0. The molecule has 0 radical (unpaired) electrons. The van der Waals surface area contributed by atoms with Gasteiger partial charge in [0.15, 0.2) is 5.82 Å². The normalized spacial score (nSPS) is 11.8. The van der Waals surface area contributed by atoms with Gasteiger partial charge in [-0.05, 0) is 13.3 Å². The molecule has 5 nitrogen and oxygen atoms in total. The van der Waals surface area contributed by atoms with Crippen molar-refractivity contribution < 1.29 is 4.79 Å². The first kappa shape index (κ1) is 12.1. The van der Waals surface area contributed by atoms with Gasteiger partial charge in [0, 0.05) is 5.69 Å². The Labute approximate surface area is 94.8 Å². The molecule has 1 unspecified atom stereocenters. The molecule has 0 aliphatic heterocycles. The molecule has 0 bridgehead atoms. The number of nitrogens with two attached hydrogens (primary N) is 1. The van der Waals surface area contributed by atoms with Crippen LogP contribution in [0.5, 0.6) is 0 Å². The molecule has 0 saturated heterocycles. The van der Waals surface area contributed by atoms with Gasteiger partial charge in [-0.1, -0.05) is 19.3 Å². The molecule has 1 amide bonds. The number of hydrogen-bond acceptors (Lipinski definition) is 3. The molecule has 0 saturated carbocycles. The molecule has 1 rings (SSSR count). The van der Waals surface area contributed by atoms with Crippen LogP contribution in [0.2, 0.25) is 0 Å². The molecule has 0 spiro atoms. The number of rotatable bonds is 4. The first-order chi connectivity index (χ1) is 7.60. The van der Waals surface area contributed by atoms with E-state index < -0.39 is 0 Å². The third-order valence-corrected chi connectivity index (χ3v) is 2.29. The first-order valence-electron chi connectivity index (χ1n) is 5.17. The SMILES string of the molecule is C#CC(CCC)NC(=O)c1c(N)n[nH]c1C. The average Bonchev–Trinajstić information content (AvgIpc) is 2.57. The molecule has 4 N–H and O–H groups in total. The van der Waals surface area contributed by atoms with Gasteiger partial charge in [-0.25, -0.2) is 0 Å². The predicted molar refractivity (Wildman–Crippen MR) is 62.7 cm³/mol. The van der Waals surface area contributed by atoms with Gasteiger partial charge in [0.2, 0.25) is 0 Å². The van der Waals surface area contributed by atoms with Crippen LogP contribution in [0.3, 0.4) is 0 Å². The summed E-state index contributed by atoms with van der Waals surface area (Å²) in [6.07, 6.45) is 6.98. The number of nitrogens with one attached hydrogen (secondary N) is 2. The second kappa shape index (κ2) is 5.21. The molecule has 0 aliphatic rings. The Balaban J connectivity index is 2.76. The Morgan fingerprint density at radius 3 is 2.88 bits per heavy atom. The van der Waals surface area contributed by atoms with Crippen molar-refractivity contribution in [3.63, 3.8) is 0 Å². The fourth-order valence-electron chi connectivity index (χ4n) is 1.45. The maximum Gasteiger partial charge on any atom is 0.257 e. The number of H-pyrrole nitrogens is 1. The summed E-state index contributed by atoms with van der Waals surface area (Å²) in [5, 5.41) is 9.15. The lowest BCUT2D eigenvalue weighted by Gasteiger charge is -2.11. The fourth-order valence-corrected chi connectivity index (χ4v) is 1.45. The molecular weight excluding hydrogens is 204 g/mol. The van der Waals surface area contributed by atoms with Crippen LogP contribution in [0.4, 0.5) is 5.82 Å². The maximum atomic E-state index is 11.8. The molecule has 86 valence electrons. The third kappa shape index (κ3) is 2.54. The van der Waals surface area contributed by atoms with Gasteiger partial charge in [0.05, 0.1) is 6.04 Å². The number of amides is 1. The molecule has 0 aromatic carbocycles. The van der Waals surface area contributed by atoms with Crippen LogP contribution in [0.25, 0.3) is 0 Å². The summed E-state index contributed by atoms with van der Waals surface area (Å²) in [4.78, 5) is 11.8. The smallest absolute Gasteiger partial charge is 0.257 e. The van der Waals surface area contributed by atoms with E-state index in [-0.39, 0.29) is 17.8 Å². The zero-order valence-electron chi connectivity index (χ0n) is 9.50. The van der Waals surface area contributed by atoms with E-state index in [9.17, 15) is 4.79 Å². The first-order valence-corrected chi connectivity index (χ1v) is 5.17. The Morgan fingerprint density at radius 2 is 2.44 bits per heavy atom. The number of carbonyl (C=O) groups excluding carboxylic acids is 1. The van der Waals surface area contributed by atoms with Crippen molar-refractivity contribution in [1.82, 2.24) is 15.5 Å². The highest BCUT2D eigenvalue weighted by molar-refractivity contribution is 5.99. The zero-order chi connectivity index (χ0) is 12.1. The van der Waals surface area contributed by atoms with E-state index in [0.29, 0.717) is 11.3 Å². The van der Waals surface area contributed by atoms with E-state index in [1.54, 1.807) is 6.92 Å². The monoisotopic (exact) mass is 220 g/mol. The number of aromatic nitrogens is 2. The van der Waals surface area contributed by atoms with E-state index in [0.717, 1.165) is 12.8 Å². The molecule has 16 heavy (non-hydrogen) atoms. The molecular formula is C11H16N4O. The number of nitrogens with zero attached hydrogens (tertiary/aromatic N) is 1. The lowest BCUT2D eigenvalue weighted by Crippen LogP contribution is -2.34. The Morgan fingerprint density at radius 1 is 1.75 bits per heavy atom. The summed E-state index contributed by atoms with van der Waals surface area (Å²) in [7, 11) is 0. The molecule has 1 heterocycles.